The summed E-state index contributed by atoms with van der Waals surface area (Å²) in [6, 6.07) is 14.9. The maximum Gasteiger partial charge on any atom is 0.274 e. The number of anilines is 1. The van der Waals surface area contributed by atoms with Crippen LogP contribution in [0.15, 0.2) is 60.9 Å². The summed E-state index contributed by atoms with van der Waals surface area (Å²) in [6.07, 6.45) is 3.71. The van der Waals surface area contributed by atoms with Gasteiger partial charge in [0.1, 0.15) is 5.69 Å². The molecule has 0 aliphatic carbocycles. The number of nitrogens with one attached hydrogen (secondary N) is 3. The summed E-state index contributed by atoms with van der Waals surface area (Å²) in [5.41, 5.74) is 1.85. The molecule has 0 aliphatic rings. The van der Waals surface area contributed by atoms with Gasteiger partial charge in [0, 0.05) is 18.9 Å². The Balaban J connectivity index is 1.59. The molecule has 0 saturated carbocycles. The van der Waals surface area contributed by atoms with Crippen LogP contribution >= 0.6 is 0 Å². The van der Waals surface area contributed by atoms with E-state index in [4.69, 9.17) is 0 Å². The van der Waals surface area contributed by atoms with E-state index in [0.717, 1.165) is 5.56 Å². The van der Waals surface area contributed by atoms with E-state index >= 15 is 0 Å². The predicted molar refractivity (Wildman–Crippen MR) is 93.3 cm³/mol. The molecule has 0 spiro atoms. The zero-order valence-corrected chi connectivity index (χ0v) is 13.4. The van der Waals surface area contributed by atoms with Gasteiger partial charge in [-0.15, -0.1) is 0 Å². The summed E-state index contributed by atoms with van der Waals surface area (Å²) in [5, 5.41) is 12.0. The number of H-pyrrole nitrogens is 1. The van der Waals surface area contributed by atoms with E-state index in [2.05, 4.69) is 25.8 Å². The minimum absolute atomic E-state index is 0.136. The third-order valence-corrected chi connectivity index (χ3v) is 3.54. The SMILES string of the molecule is O=C(Nc1c[nH]nc1C(=O)NCCc1ccccc1)c1ccccn1. The molecule has 2 amide bonds. The van der Waals surface area contributed by atoms with E-state index in [0.29, 0.717) is 18.7 Å². The third-order valence-electron chi connectivity index (χ3n) is 3.54. The van der Waals surface area contributed by atoms with Crippen LogP contribution in [0.1, 0.15) is 26.5 Å². The van der Waals surface area contributed by atoms with Gasteiger partial charge in [-0.25, -0.2) is 0 Å². The maximum atomic E-state index is 12.3. The van der Waals surface area contributed by atoms with E-state index in [-0.39, 0.29) is 17.3 Å². The number of carbonyl (C=O) groups is 2. The molecule has 126 valence electrons. The highest BCUT2D eigenvalue weighted by Crippen LogP contribution is 2.12. The molecular weight excluding hydrogens is 318 g/mol. The number of hydrogen-bond donors (Lipinski definition) is 3. The van der Waals surface area contributed by atoms with Crippen LogP contribution in [0.2, 0.25) is 0 Å². The molecule has 0 aliphatic heterocycles. The Kier molecular flexibility index (Phi) is 5.16. The molecule has 25 heavy (non-hydrogen) atoms. The van der Waals surface area contributed by atoms with Crippen LogP contribution in [0.5, 0.6) is 0 Å². The van der Waals surface area contributed by atoms with Crippen LogP contribution in [0, 0.1) is 0 Å². The number of amides is 2. The second-order valence-electron chi connectivity index (χ2n) is 5.31. The van der Waals surface area contributed by atoms with Gasteiger partial charge < -0.3 is 10.6 Å². The molecule has 2 heterocycles. The topological polar surface area (TPSA) is 99.8 Å². The second-order valence-corrected chi connectivity index (χ2v) is 5.31. The predicted octanol–water partition coefficient (Wildman–Crippen LogP) is 2.03. The minimum atomic E-state index is -0.402. The molecule has 7 nitrogen and oxygen atoms in total. The lowest BCUT2D eigenvalue weighted by molar-refractivity contribution is 0.0950. The van der Waals surface area contributed by atoms with E-state index in [1.165, 1.54) is 12.4 Å². The van der Waals surface area contributed by atoms with E-state index < -0.39 is 5.91 Å². The summed E-state index contributed by atoms with van der Waals surface area (Å²) in [6.45, 7) is 0.476. The highest BCUT2D eigenvalue weighted by Gasteiger charge is 2.17. The summed E-state index contributed by atoms with van der Waals surface area (Å²) in [5.74, 6) is -0.756. The van der Waals surface area contributed by atoms with E-state index in [9.17, 15) is 9.59 Å². The van der Waals surface area contributed by atoms with Gasteiger partial charge >= 0.3 is 0 Å². The van der Waals surface area contributed by atoms with E-state index in [1.54, 1.807) is 18.2 Å². The Labute approximate surface area is 144 Å². The molecule has 7 heteroatoms. The first kappa shape index (κ1) is 16.4. The number of nitrogens with zero attached hydrogens (tertiary/aromatic N) is 2. The number of aromatic nitrogens is 3. The van der Waals surface area contributed by atoms with Gasteiger partial charge in [-0.05, 0) is 24.1 Å². The molecule has 0 radical (unpaired) electrons. The monoisotopic (exact) mass is 335 g/mol. The Morgan fingerprint density at radius 1 is 1.00 bits per heavy atom. The number of pyridine rings is 1. The highest BCUT2D eigenvalue weighted by molar-refractivity contribution is 6.07. The molecule has 3 aromatic rings. The van der Waals surface area contributed by atoms with Crippen LogP contribution < -0.4 is 10.6 Å². The van der Waals surface area contributed by atoms with Gasteiger partial charge in [0.05, 0.1) is 5.69 Å². The fourth-order valence-corrected chi connectivity index (χ4v) is 2.29. The first-order chi connectivity index (χ1) is 12.2. The number of benzene rings is 1. The average Bonchev–Trinajstić information content (AvgIpc) is 3.11. The van der Waals surface area contributed by atoms with Crippen LogP contribution in [0.3, 0.4) is 0 Å². The molecule has 2 aromatic heterocycles. The Bertz CT molecular complexity index is 846. The molecular formula is C18H17N5O2. The van der Waals surface area contributed by atoms with E-state index in [1.807, 2.05) is 30.3 Å². The number of rotatable bonds is 6. The normalized spacial score (nSPS) is 10.2. The summed E-state index contributed by atoms with van der Waals surface area (Å²) < 4.78 is 0. The fourth-order valence-electron chi connectivity index (χ4n) is 2.29. The smallest absolute Gasteiger partial charge is 0.274 e. The van der Waals surface area contributed by atoms with Crippen molar-refractivity contribution in [2.45, 2.75) is 6.42 Å². The lowest BCUT2D eigenvalue weighted by atomic mass is 10.1. The molecule has 3 N–H and O–H groups in total. The van der Waals surface area contributed by atoms with Crippen molar-refractivity contribution in [1.29, 1.82) is 0 Å². The van der Waals surface area contributed by atoms with Crippen molar-refractivity contribution in [3.05, 3.63) is 77.9 Å². The van der Waals surface area contributed by atoms with Crippen molar-refractivity contribution < 1.29 is 9.59 Å². The van der Waals surface area contributed by atoms with Crippen molar-refractivity contribution in [3.63, 3.8) is 0 Å². The molecule has 0 bridgehead atoms. The fraction of sp³-hybridized carbons (Fsp3) is 0.111. The standard InChI is InChI=1S/C18H17N5O2/c24-17(14-8-4-5-10-19-14)22-15-12-21-23-16(15)18(25)20-11-9-13-6-2-1-3-7-13/h1-8,10,12H,9,11H2,(H,20,25)(H,21,23)(H,22,24). The summed E-state index contributed by atoms with van der Waals surface area (Å²) >= 11 is 0. The summed E-state index contributed by atoms with van der Waals surface area (Å²) in [4.78, 5) is 28.4. The first-order valence-electron chi connectivity index (χ1n) is 7.82. The lowest BCUT2D eigenvalue weighted by Gasteiger charge is -2.06. The molecule has 0 saturated heterocycles. The van der Waals surface area contributed by atoms with Gasteiger partial charge in [0.25, 0.3) is 11.8 Å². The van der Waals surface area contributed by atoms with Gasteiger partial charge in [-0.1, -0.05) is 36.4 Å². The molecule has 0 atom stereocenters. The van der Waals surface area contributed by atoms with Crippen molar-refractivity contribution in [1.82, 2.24) is 20.5 Å². The highest BCUT2D eigenvalue weighted by atomic mass is 16.2. The van der Waals surface area contributed by atoms with Gasteiger partial charge in [0.15, 0.2) is 5.69 Å². The van der Waals surface area contributed by atoms with Crippen LogP contribution in [-0.4, -0.2) is 33.5 Å². The minimum Gasteiger partial charge on any atom is -0.350 e. The van der Waals surface area contributed by atoms with Crippen LogP contribution in [-0.2, 0) is 6.42 Å². The number of hydrogen-bond acceptors (Lipinski definition) is 4. The Morgan fingerprint density at radius 2 is 1.80 bits per heavy atom. The van der Waals surface area contributed by atoms with Gasteiger partial charge in [0.2, 0.25) is 0 Å². The Hall–Kier alpha value is -3.48. The maximum absolute atomic E-state index is 12.3. The van der Waals surface area contributed by atoms with Crippen LogP contribution in [0.25, 0.3) is 0 Å². The average molecular weight is 335 g/mol. The summed E-state index contributed by atoms with van der Waals surface area (Å²) in [7, 11) is 0. The van der Waals surface area contributed by atoms with Crippen LogP contribution in [0.4, 0.5) is 5.69 Å². The molecule has 0 fully saturated rings. The van der Waals surface area contributed by atoms with Gasteiger partial charge in [-0.3, -0.25) is 19.7 Å². The number of aromatic amines is 1. The molecule has 3 rings (SSSR count). The third kappa shape index (κ3) is 4.29. The number of carbonyl (C=O) groups excluding carboxylic acids is 2. The first-order valence-corrected chi connectivity index (χ1v) is 7.82. The largest absolute Gasteiger partial charge is 0.350 e. The zero-order chi connectivity index (χ0) is 17.5. The van der Waals surface area contributed by atoms with Crippen molar-refractivity contribution >= 4 is 17.5 Å². The van der Waals surface area contributed by atoms with Crippen molar-refractivity contribution in [3.8, 4) is 0 Å². The zero-order valence-electron chi connectivity index (χ0n) is 13.4. The van der Waals surface area contributed by atoms with Gasteiger partial charge in [-0.2, -0.15) is 5.10 Å². The van der Waals surface area contributed by atoms with Crippen molar-refractivity contribution in [2.75, 3.05) is 11.9 Å². The molecule has 1 aromatic carbocycles. The lowest BCUT2D eigenvalue weighted by Crippen LogP contribution is -2.27. The molecule has 0 unspecified atom stereocenters. The van der Waals surface area contributed by atoms with Crippen molar-refractivity contribution in [2.24, 2.45) is 0 Å². The quantitative estimate of drug-likeness (QED) is 0.642. The Morgan fingerprint density at radius 3 is 2.56 bits per heavy atom. The second kappa shape index (κ2) is 7.87.